The van der Waals surface area contributed by atoms with Crippen LogP contribution in [-0.4, -0.2) is 18.0 Å². The molecule has 0 bridgehead atoms. The Labute approximate surface area is 136 Å². The topological polar surface area (TPSA) is 18.5 Å². The molecule has 1 fully saturated rings. The Balaban J connectivity index is 2.25. The van der Waals surface area contributed by atoms with E-state index < -0.39 is 5.79 Å². The highest BCUT2D eigenvalue weighted by atomic mass is 79.9. The van der Waals surface area contributed by atoms with Crippen molar-refractivity contribution in [1.82, 2.24) is 0 Å². The van der Waals surface area contributed by atoms with Crippen LogP contribution in [0.15, 0.2) is 16.6 Å². The van der Waals surface area contributed by atoms with Gasteiger partial charge in [-0.05, 0) is 43.5 Å². The van der Waals surface area contributed by atoms with Gasteiger partial charge in [0.1, 0.15) is 0 Å². The van der Waals surface area contributed by atoms with Crippen molar-refractivity contribution < 1.29 is 9.47 Å². The smallest absolute Gasteiger partial charge is 0.163 e. The predicted octanol–water partition coefficient (Wildman–Crippen LogP) is 4.85. The Bertz CT molecular complexity index is 550. The Morgan fingerprint density at radius 3 is 1.76 bits per heavy atom. The zero-order chi connectivity index (χ0) is 15.8. The van der Waals surface area contributed by atoms with E-state index in [9.17, 15) is 0 Å². The first-order chi connectivity index (χ1) is 9.47. The van der Waals surface area contributed by atoms with Gasteiger partial charge < -0.3 is 9.47 Å². The highest BCUT2D eigenvalue weighted by Crippen LogP contribution is 2.54. The van der Waals surface area contributed by atoms with Gasteiger partial charge >= 0.3 is 0 Å². The molecule has 0 radical (unpaired) electrons. The van der Waals surface area contributed by atoms with Crippen LogP contribution in [0.1, 0.15) is 58.2 Å². The van der Waals surface area contributed by atoms with Crippen LogP contribution in [0.5, 0.6) is 0 Å². The molecule has 1 heterocycles. The third-order valence-electron chi connectivity index (χ3n) is 5.21. The maximum Gasteiger partial charge on any atom is 0.163 e. The minimum absolute atomic E-state index is 0.0608. The van der Waals surface area contributed by atoms with Gasteiger partial charge in [-0.25, -0.2) is 0 Å². The van der Waals surface area contributed by atoms with E-state index in [1.165, 1.54) is 21.2 Å². The highest BCUT2D eigenvalue weighted by molar-refractivity contribution is 9.10. The minimum Gasteiger partial charge on any atom is -0.344 e. The molecule has 0 unspecified atom stereocenters. The molecule has 0 spiro atoms. The molecule has 21 heavy (non-hydrogen) atoms. The number of rotatable bonds is 0. The number of halogens is 1. The van der Waals surface area contributed by atoms with Gasteiger partial charge in [0.2, 0.25) is 0 Å². The lowest BCUT2D eigenvalue weighted by molar-refractivity contribution is -0.153. The second-order valence-electron chi connectivity index (χ2n) is 8.07. The Morgan fingerprint density at radius 1 is 0.857 bits per heavy atom. The van der Waals surface area contributed by atoms with Gasteiger partial charge in [-0.15, -0.1) is 0 Å². The Hall–Kier alpha value is -0.380. The van der Waals surface area contributed by atoms with E-state index >= 15 is 0 Å². The molecule has 0 amide bonds. The molecular weight excluding hydrogens is 328 g/mol. The normalized spacial score (nSPS) is 31.6. The first-order valence-electron chi connectivity index (χ1n) is 7.63. The van der Waals surface area contributed by atoms with E-state index in [1.54, 1.807) is 0 Å². The van der Waals surface area contributed by atoms with Gasteiger partial charge in [-0.3, -0.25) is 0 Å². The van der Waals surface area contributed by atoms with Gasteiger partial charge in [-0.1, -0.05) is 49.7 Å². The number of aryl methyl sites for hydroxylation is 1. The molecule has 1 aliphatic carbocycles. The molecule has 3 heteroatoms. The maximum atomic E-state index is 6.30. The lowest BCUT2D eigenvalue weighted by Gasteiger charge is -2.48. The van der Waals surface area contributed by atoms with Crippen LogP contribution in [0.4, 0.5) is 0 Å². The molecule has 0 aromatic heterocycles. The number of hydrogen-bond acceptors (Lipinski definition) is 2. The fourth-order valence-electron chi connectivity index (χ4n) is 3.87. The molecule has 1 aromatic rings. The third kappa shape index (κ3) is 2.12. The summed E-state index contributed by atoms with van der Waals surface area (Å²) in [6, 6.07) is 4.59. The summed E-state index contributed by atoms with van der Waals surface area (Å²) in [5, 5.41) is 0. The zero-order valence-corrected chi connectivity index (χ0v) is 15.6. The van der Waals surface area contributed by atoms with Crippen LogP contribution in [-0.2, 0) is 20.3 Å². The number of benzene rings is 1. The van der Waals surface area contributed by atoms with E-state index in [0.29, 0.717) is 0 Å². The molecule has 1 saturated heterocycles. The van der Waals surface area contributed by atoms with Crippen LogP contribution in [0.3, 0.4) is 0 Å². The van der Waals surface area contributed by atoms with E-state index in [1.807, 2.05) is 13.8 Å². The summed E-state index contributed by atoms with van der Waals surface area (Å²) < 4.78 is 13.8. The van der Waals surface area contributed by atoms with Crippen LogP contribution >= 0.6 is 15.9 Å². The van der Waals surface area contributed by atoms with Crippen LogP contribution < -0.4 is 0 Å². The largest absolute Gasteiger partial charge is 0.344 e. The van der Waals surface area contributed by atoms with Crippen molar-refractivity contribution in [3.63, 3.8) is 0 Å². The SMILES string of the molecule is Cc1cc2c(cc1Br)C(C)(C)[C@H]1OC(C)(C)O[C@H]1C2(C)C. The summed E-state index contributed by atoms with van der Waals surface area (Å²) >= 11 is 3.69. The second kappa shape index (κ2) is 4.33. The van der Waals surface area contributed by atoms with E-state index in [4.69, 9.17) is 9.47 Å². The zero-order valence-electron chi connectivity index (χ0n) is 14.0. The van der Waals surface area contributed by atoms with Crippen molar-refractivity contribution in [2.75, 3.05) is 0 Å². The van der Waals surface area contributed by atoms with Crippen molar-refractivity contribution in [1.29, 1.82) is 0 Å². The van der Waals surface area contributed by atoms with Gasteiger partial charge in [0.15, 0.2) is 5.79 Å². The third-order valence-corrected chi connectivity index (χ3v) is 6.06. The maximum absolute atomic E-state index is 6.30. The molecule has 2 nitrogen and oxygen atoms in total. The molecule has 0 N–H and O–H groups in total. The summed E-state index contributed by atoms with van der Waals surface area (Å²) in [6.45, 7) is 15.3. The van der Waals surface area contributed by atoms with E-state index in [0.717, 1.165) is 0 Å². The lowest BCUT2D eigenvalue weighted by Crippen LogP contribution is -2.54. The fraction of sp³-hybridized carbons (Fsp3) is 0.667. The van der Waals surface area contributed by atoms with Crippen molar-refractivity contribution in [3.8, 4) is 0 Å². The van der Waals surface area contributed by atoms with E-state index in [-0.39, 0.29) is 23.0 Å². The Kier molecular flexibility index (Phi) is 3.20. The van der Waals surface area contributed by atoms with Crippen molar-refractivity contribution in [3.05, 3.63) is 33.3 Å². The summed E-state index contributed by atoms with van der Waals surface area (Å²) in [4.78, 5) is 0. The van der Waals surface area contributed by atoms with Gasteiger partial charge in [0.05, 0.1) is 12.2 Å². The standard InChI is InChI=1S/C18H25BrO2/c1-10-8-11-12(9-13(10)19)17(4,5)15-14(16(11,2)3)20-18(6,7)21-15/h8-9,14-15H,1-7H3/t14-,15+/m1/s1. The summed E-state index contributed by atoms with van der Waals surface area (Å²) in [5.41, 5.74) is 3.89. The molecular formula is C18H25BrO2. The first-order valence-corrected chi connectivity index (χ1v) is 8.43. The molecule has 3 rings (SSSR count). The van der Waals surface area contributed by atoms with Crippen LogP contribution in [0, 0.1) is 6.92 Å². The quantitative estimate of drug-likeness (QED) is 0.664. The number of hydrogen-bond donors (Lipinski definition) is 0. The van der Waals surface area contributed by atoms with Gasteiger partial charge in [-0.2, -0.15) is 0 Å². The molecule has 2 aliphatic rings. The average molecular weight is 353 g/mol. The van der Waals surface area contributed by atoms with Crippen LogP contribution in [0.25, 0.3) is 0 Å². The second-order valence-corrected chi connectivity index (χ2v) is 8.92. The molecule has 1 aliphatic heterocycles. The number of fused-ring (bicyclic) bond motifs is 2. The fourth-order valence-corrected chi connectivity index (χ4v) is 4.21. The predicted molar refractivity (Wildman–Crippen MR) is 88.8 cm³/mol. The number of ether oxygens (including phenoxy) is 2. The van der Waals surface area contributed by atoms with Crippen LogP contribution in [0.2, 0.25) is 0 Å². The molecule has 116 valence electrons. The van der Waals surface area contributed by atoms with Gasteiger partial charge in [0.25, 0.3) is 0 Å². The summed E-state index contributed by atoms with van der Waals surface area (Å²) in [5.74, 6) is -0.516. The lowest BCUT2D eigenvalue weighted by atomic mass is 9.60. The van der Waals surface area contributed by atoms with Crippen molar-refractivity contribution in [2.45, 2.75) is 77.3 Å². The van der Waals surface area contributed by atoms with Crippen molar-refractivity contribution >= 4 is 15.9 Å². The minimum atomic E-state index is -0.516. The molecule has 0 saturated carbocycles. The molecule has 2 atom stereocenters. The Morgan fingerprint density at radius 2 is 1.29 bits per heavy atom. The first kappa shape index (κ1) is 15.5. The van der Waals surface area contributed by atoms with Gasteiger partial charge in [0, 0.05) is 15.3 Å². The van der Waals surface area contributed by atoms with E-state index in [2.05, 4.69) is 62.7 Å². The van der Waals surface area contributed by atoms with Crippen molar-refractivity contribution in [2.24, 2.45) is 0 Å². The monoisotopic (exact) mass is 352 g/mol. The highest BCUT2D eigenvalue weighted by Gasteiger charge is 2.59. The average Bonchev–Trinajstić information content (AvgIpc) is 2.68. The summed E-state index contributed by atoms with van der Waals surface area (Å²) in [7, 11) is 0. The summed E-state index contributed by atoms with van der Waals surface area (Å²) in [6.07, 6.45) is 0.153. The molecule has 1 aromatic carbocycles.